The highest BCUT2D eigenvalue weighted by molar-refractivity contribution is 9.10. The summed E-state index contributed by atoms with van der Waals surface area (Å²) in [6.07, 6.45) is 1.88. The van der Waals surface area contributed by atoms with Gasteiger partial charge in [-0.15, -0.1) is 11.8 Å². The van der Waals surface area contributed by atoms with Crippen molar-refractivity contribution in [2.45, 2.75) is 9.79 Å². The van der Waals surface area contributed by atoms with Gasteiger partial charge in [-0.3, -0.25) is 9.10 Å². The van der Waals surface area contributed by atoms with Gasteiger partial charge in [-0.2, -0.15) is 0 Å². The fourth-order valence-electron chi connectivity index (χ4n) is 2.70. The summed E-state index contributed by atoms with van der Waals surface area (Å²) in [7, 11) is -4.11. The van der Waals surface area contributed by atoms with Crippen molar-refractivity contribution in [1.29, 1.82) is 0 Å². The van der Waals surface area contributed by atoms with Gasteiger partial charge in [-0.25, -0.2) is 12.8 Å². The van der Waals surface area contributed by atoms with Gasteiger partial charge in [0.2, 0.25) is 5.91 Å². The quantitative estimate of drug-likeness (QED) is 0.448. The number of benzene rings is 3. The molecule has 0 radical (unpaired) electrons. The van der Waals surface area contributed by atoms with E-state index in [9.17, 15) is 17.6 Å². The van der Waals surface area contributed by atoms with Crippen molar-refractivity contribution in [3.8, 4) is 0 Å². The van der Waals surface area contributed by atoms with Crippen LogP contribution in [0, 0.1) is 5.82 Å². The Morgan fingerprint density at radius 2 is 1.77 bits per heavy atom. The topological polar surface area (TPSA) is 66.5 Å². The second kappa shape index (κ2) is 9.63. The predicted molar refractivity (Wildman–Crippen MR) is 122 cm³/mol. The molecular weight excluding hydrogens is 491 g/mol. The van der Waals surface area contributed by atoms with Gasteiger partial charge in [0.25, 0.3) is 10.0 Å². The van der Waals surface area contributed by atoms with Crippen molar-refractivity contribution in [2.75, 3.05) is 22.4 Å². The lowest BCUT2D eigenvalue weighted by Crippen LogP contribution is -2.38. The van der Waals surface area contributed by atoms with Gasteiger partial charge in [0.15, 0.2) is 0 Å². The molecule has 3 aromatic carbocycles. The SMILES string of the molecule is CSc1ccc(S(=O)(=O)N(CC(=O)Nc2ccccc2Br)c2cccc(F)c2)cc1. The average Bonchev–Trinajstić information content (AvgIpc) is 2.73. The number of nitrogens with one attached hydrogen (secondary N) is 1. The van der Waals surface area contributed by atoms with Crippen LogP contribution in [0.5, 0.6) is 0 Å². The van der Waals surface area contributed by atoms with Crippen molar-refractivity contribution >= 4 is 55.0 Å². The number of anilines is 2. The van der Waals surface area contributed by atoms with E-state index >= 15 is 0 Å². The second-order valence-electron chi connectivity index (χ2n) is 6.20. The van der Waals surface area contributed by atoms with Crippen LogP contribution in [0.1, 0.15) is 0 Å². The van der Waals surface area contributed by atoms with Gasteiger partial charge >= 0.3 is 0 Å². The highest BCUT2D eigenvalue weighted by atomic mass is 79.9. The zero-order chi connectivity index (χ0) is 21.7. The number of sulfonamides is 1. The van der Waals surface area contributed by atoms with E-state index in [-0.39, 0.29) is 10.6 Å². The van der Waals surface area contributed by atoms with E-state index in [1.807, 2.05) is 6.26 Å². The van der Waals surface area contributed by atoms with Crippen LogP contribution in [0.2, 0.25) is 0 Å². The molecule has 1 N–H and O–H groups in total. The third-order valence-electron chi connectivity index (χ3n) is 4.18. The zero-order valence-electron chi connectivity index (χ0n) is 15.9. The number of hydrogen-bond donors (Lipinski definition) is 1. The summed E-state index contributed by atoms with van der Waals surface area (Å²) in [6.45, 7) is -0.516. The molecule has 156 valence electrons. The van der Waals surface area contributed by atoms with Crippen LogP contribution in [0.3, 0.4) is 0 Å². The van der Waals surface area contributed by atoms with E-state index in [1.54, 1.807) is 36.4 Å². The molecule has 0 fully saturated rings. The molecule has 0 spiro atoms. The van der Waals surface area contributed by atoms with E-state index in [4.69, 9.17) is 0 Å². The number of hydrogen-bond acceptors (Lipinski definition) is 4. The Kier molecular flexibility index (Phi) is 7.17. The monoisotopic (exact) mass is 508 g/mol. The Morgan fingerprint density at radius 3 is 2.40 bits per heavy atom. The first-order valence-electron chi connectivity index (χ1n) is 8.78. The van der Waals surface area contributed by atoms with Crippen molar-refractivity contribution in [1.82, 2.24) is 0 Å². The first kappa shape index (κ1) is 22.3. The second-order valence-corrected chi connectivity index (χ2v) is 9.79. The van der Waals surface area contributed by atoms with Gasteiger partial charge in [-0.05, 0) is 76.8 Å². The van der Waals surface area contributed by atoms with Crippen molar-refractivity contribution < 1.29 is 17.6 Å². The largest absolute Gasteiger partial charge is 0.323 e. The number of carbonyl (C=O) groups excluding carboxylic acids is 1. The molecule has 9 heteroatoms. The lowest BCUT2D eigenvalue weighted by atomic mass is 10.3. The first-order chi connectivity index (χ1) is 14.3. The molecule has 3 aromatic rings. The van der Waals surface area contributed by atoms with Crippen LogP contribution in [0.25, 0.3) is 0 Å². The minimum Gasteiger partial charge on any atom is -0.323 e. The fraction of sp³-hybridized carbons (Fsp3) is 0.0952. The number of para-hydroxylation sites is 1. The van der Waals surface area contributed by atoms with Crippen LogP contribution in [0.4, 0.5) is 15.8 Å². The summed E-state index contributed by atoms with van der Waals surface area (Å²) < 4.78 is 42.0. The number of nitrogens with zero attached hydrogens (tertiary/aromatic N) is 1. The maximum Gasteiger partial charge on any atom is 0.264 e. The van der Waals surface area contributed by atoms with Gasteiger partial charge in [0.05, 0.1) is 16.3 Å². The van der Waals surface area contributed by atoms with Gasteiger partial charge in [0, 0.05) is 9.37 Å². The Labute approximate surface area is 187 Å². The molecule has 1 amide bonds. The Morgan fingerprint density at radius 1 is 1.07 bits per heavy atom. The number of amides is 1. The molecule has 0 heterocycles. The molecule has 0 aliphatic rings. The summed E-state index contributed by atoms with van der Waals surface area (Å²) in [6, 6.07) is 18.4. The molecule has 5 nitrogen and oxygen atoms in total. The lowest BCUT2D eigenvalue weighted by Gasteiger charge is -2.24. The molecule has 0 bridgehead atoms. The van der Waals surface area contributed by atoms with E-state index in [2.05, 4.69) is 21.2 Å². The highest BCUT2D eigenvalue weighted by Crippen LogP contribution is 2.27. The summed E-state index contributed by atoms with van der Waals surface area (Å²) in [5.74, 6) is -1.16. The van der Waals surface area contributed by atoms with E-state index in [0.29, 0.717) is 10.2 Å². The van der Waals surface area contributed by atoms with Crippen LogP contribution >= 0.6 is 27.7 Å². The standard InChI is InChI=1S/C21H18BrFN2O3S2/c1-29-17-9-11-18(12-10-17)30(27,28)25(16-6-4-5-15(23)13-16)14-21(26)24-20-8-3-2-7-19(20)22/h2-13H,14H2,1H3,(H,24,26). The molecule has 3 rings (SSSR count). The van der Waals surface area contributed by atoms with Crippen molar-refractivity contribution in [2.24, 2.45) is 0 Å². The molecule has 0 aliphatic carbocycles. The summed E-state index contributed by atoms with van der Waals surface area (Å²) in [4.78, 5) is 13.6. The Hall–Kier alpha value is -2.36. The van der Waals surface area contributed by atoms with Crippen molar-refractivity contribution in [3.63, 3.8) is 0 Å². The molecule has 0 unspecified atom stereocenters. The average molecular weight is 509 g/mol. The summed E-state index contributed by atoms with van der Waals surface area (Å²) >= 11 is 4.82. The minimum atomic E-state index is -4.11. The Balaban J connectivity index is 1.96. The number of thioether (sulfide) groups is 1. The minimum absolute atomic E-state index is 0.0123. The molecular formula is C21H18BrFN2O3S2. The third kappa shape index (κ3) is 5.21. The maximum absolute atomic E-state index is 13.8. The Bertz CT molecular complexity index is 1150. The third-order valence-corrected chi connectivity index (χ3v) is 7.40. The molecule has 0 atom stereocenters. The van der Waals surface area contributed by atoms with Crippen LogP contribution in [0.15, 0.2) is 87.1 Å². The van der Waals surface area contributed by atoms with Crippen LogP contribution < -0.4 is 9.62 Å². The van der Waals surface area contributed by atoms with Crippen molar-refractivity contribution in [3.05, 3.63) is 83.1 Å². The molecule has 0 aromatic heterocycles. The number of rotatable bonds is 7. The van der Waals surface area contributed by atoms with Gasteiger partial charge < -0.3 is 5.32 Å². The highest BCUT2D eigenvalue weighted by Gasteiger charge is 2.27. The molecule has 0 saturated carbocycles. The molecule has 0 saturated heterocycles. The number of carbonyl (C=O) groups is 1. The van der Waals surface area contributed by atoms with Crippen LogP contribution in [-0.2, 0) is 14.8 Å². The zero-order valence-corrected chi connectivity index (χ0v) is 19.1. The fourth-order valence-corrected chi connectivity index (χ4v) is 4.91. The predicted octanol–water partition coefficient (Wildman–Crippen LogP) is 5.14. The van der Waals surface area contributed by atoms with Crippen LogP contribution in [-0.4, -0.2) is 27.1 Å². The maximum atomic E-state index is 13.8. The smallest absolute Gasteiger partial charge is 0.264 e. The molecule has 0 aliphatic heterocycles. The van der Waals surface area contributed by atoms with Gasteiger partial charge in [0.1, 0.15) is 12.4 Å². The normalized spacial score (nSPS) is 11.2. The van der Waals surface area contributed by atoms with E-state index in [1.165, 1.54) is 42.1 Å². The molecule has 30 heavy (non-hydrogen) atoms. The lowest BCUT2D eigenvalue weighted by molar-refractivity contribution is -0.114. The first-order valence-corrected chi connectivity index (χ1v) is 12.2. The summed E-state index contributed by atoms with van der Waals surface area (Å²) in [5.41, 5.74) is 0.564. The van der Waals surface area contributed by atoms with Gasteiger partial charge in [-0.1, -0.05) is 18.2 Å². The summed E-state index contributed by atoms with van der Waals surface area (Å²) in [5, 5.41) is 2.68. The van der Waals surface area contributed by atoms with E-state index in [0.717, 1.165) is 15.3 Å². The van der Waals surface area contributed by atoms with E-state index < -0.39 is 28.3 Å². The number of halogens is 2.